The lowest BCUT2D eigenvalue weighted by atomic mass is 10.0. The monoisotopic (exact) mass is 499 g/mol. The van der Waals surface area contributed by atoms with Gasteiger partial charge < -0.3 is 10.2 Å². The van der Waals surface area contributed by atoms with Crippen molar-refractivity contribution in [1.29, 1.82) is 0 Å². The Morgan fingerprint density at radius 2 is 1.84 bits per heavy atom. The Balaban J connectivity index is 1.53. The molecule has 4 amide bonds. The van der Waals surface area contributed by atoms with Crippen LogP contribution >= 0.6 is 27.7 Å². The van der Waals surface area contributed by atoms with Crippen LogP contribution in [-0.4, -0.2) is 45.5 Å². The molecule has 2 aromatic carbocycles. The quantitative estimate of drug-likeness (QED) is 0.658. The predicted molar refractivity (Wildman–Crippen MR) is 126 cm³/mol. The van der Waals surface area contributed by atoms with Gasteiger partial charge >= 0.3 is 6.03 Å². The van der Waals surface area contributed by atoms with E-state index in [1.165, 1.54) is 21.6 Å². The number of thioether (sulfide) groups is 1. The van der Waals surface area contributed by atoms with Gasteiger partial charge in [-0.15, -0.1) is 11.8 Å². The number of hydrogen-bond donors (Lipinski definition) is 1. The second kappa shape index (κ2) is 8.88. The third kappa shape index (κ3) is 4.55. The van der Waals surface area contributed by atoms with E-state index in [0.29, 0.717) is 5.69 Å². The Morgan fingerprint density at radius 3 is 2.55 bits per heavy atom. The van der Waals surface area contributed by atoms with Crippen LogP contribution in [0.4, 0.5) is 10.5 Å². The standard InChI is InChI=1S/C23H22BrN3O3S/c1-14-3-4-16(11-15(14)2)12-27-22(29)21-19(9-10-31-21)26(23(27)30)13-20(28)25-18-7-5-17(24)6-8-18/h3-11,19,21H,12-13H2,1-2H3,(H,25,28). The van der Waals surface area contributed by atoms with Crippen molar-refractivity contribution in [3.05, 3.63) is 75.1 Å². The normalized spacial score (nSPS) is 20.2. The molecule has 6 nitrogen and oxygen atoms in total. The summed E-state index contributed by atoms with van der Waals surface area (Å²) in [6.45, 7) is 4.09. The maximum Gasteiger partial charge on any atom is 0.328 e. The van der Waals surface area contributed by atoms with Gasteiger partial charge in [-0.25, -0.2) is 4.79 Å². The number of hydrogen-bond acceptors (Lipinski definition) is 4. The zero-order valence-corrected chi connectivity index (χ0v) is 19.6. The van der Waals surface area contributed by atoms with Gasteiger partial charge in [0, 0.05) is 10.2 Å². The van der Waals surface area contributed by atoms with Crippen molar-refractivity contribution < 1.29 is 14.4 Å². The van der Waals surface area contributed by atoms with Crippen molar-refractivity contribution in [3.63, 3.8) is 0 Å². The Kier molecular flexibility index (Phi) is 6.20. The summed E-state index contributed by atoms with van der Waals surface area (Å²) < 4.78 is 0.910. The molecule has 4 rings (SSSR count). The van der Waals surface area contributed by atoms with Gasteiger partial charge in [-0.2, -0.15) is 0 Å². The number of nitrogens with zero attached hydrogens (tertiary/aromatic N) is 2. The highest BCUT2D eigenvalue weighted by Crippen LogP contribution is 2.35. The van der Waals surface area contributed by atoms with Gasteiger partial charge in [-0.05, 0) is 60.2 Å². The molecule has 31 heavy (non-hydrogen) atoms. The van der Waals surface area contributed by atoms with Crippen LogP contribution in [0.3, 0.4) is 0 Å². The number of anilines is 1. The zero-order valence-electron chi connectivity index (χ0n) is 17.2. The topological polar surface area (TPSA) is 69.7 Å². The number of amides is 4. The SMILES string of the molecule is Cc1ccc(CN2C(=O)C3SC=CC3N(CC(=O)Nc3ccc(Br)cc3)C2=O)cc1C. The molecule has 2 aliphatic rings. The highest BCUT2D eigenvalue weighted by Gasteiger charge is 2.47. The second-order valence-electron chi connectivity index (χ2n) is 7.68. The number of halogens is 1. The summed E-state index contributed by atoms with van der Waals surface area (Å²) in [6, 6.07) is 12.3. The molecule has 160 valence electrons. The molecular formula is C23H22BrN3O3S. The number of rotatable bonds is 5. The first-order valence-electron chi connectivity index (χ1n) is 9.89. The number of aryl methyl sites for hydroxylation is 2. The minimum absolute atomic E-state index is 0.127. The van der Waals surface area contributed by atoms with E-state index in [9.17, 15) is 14.4 Å². The molecule has 0 radical (unpaired) electrons. The molecule has 8 heteroatoms. The van der Waals surface area contributed by atoms with Crippen molar-refractivity contribution >= 4 is 51.2 Å². The van der Waals surface area contributed by atoms with Gasteiger partial charge in [0.05, 0.1) is 12.6 Å². The Hall–Kier alpha value is -2.58. The number of fused-ring (bicyclic) bond motifs is 1. The fourth-order valence-corrected chi connectivity index (χ4v) is 5.01. The predicted octanol–water partition coefficient (Wildman–Crippen LogP) is 4.47. The number of benzene rings is 2. The first-order valence-corrected chi connectivity index (χ1v) is 11.6. The first kappa shape index (κ1) is 21.6. The largest absolute Gasteiger partial charge is 0.328 e. The number of nitrogens with one attached hydrogen (secondary N) is 1. The number of imide groups is 1. The smallest absolute Gasteiger partial charge is 0.325 e. The van der Waals surface area contributed by atoms with Crippen LogP contribution in [0.25, 0.3) is 0 Å². The van der Waals surface area contributed by atoms with Crippen LogP contribution < -0.4 is 5.32 Å². The van der Waals surface area contributed by atoms with E-state index in [0.717, 1.165) is 21.2 Å². The van der Waals surface area contributed by atoms with Crippen LogP contribution in [0.2, 0.25) is 0 Å². The Labute approximate surface area is 193 Å². The lowest BCUT2D eigenvalue weighted by molar-refractivity contribution is -0.132. The zero-order chi connectivity index (χ0) is 22.1. The van der Waals surface area contributed by atoms with Gasteiger partial charge in [0.25, 0.3) is 0 Å². The first-order chi connectivity index (χ1) is 14.8. The summed E-state index contributed by atoms with van der Waals surface area (Å²) in [6.07, 6.45) is 1.82. The molecule has 0 saturated carbocycles. The molecule has 1 fully saturated rings. The molecule has 0 aromatic heterocycles. The Bertz CT molecular complexity index is 1070. The molecule has 0 aliphatic carbocycles. The summed E-state index contributed by atoms with van der Waals surface area (Å²) in [4.78, 5) is 41.7. The molecule has 2 aliphatic heterocycles. The molecule has 0 bridgehead atoms. The van der Waals surface area contributed by atoms with Crippen molar-refractivity contribution in [2.75, 3.05) is 11.9 Å². The van der Waals surface area contributed by atoms with Crippen LogP contribution in [-0.2, 0) is 16.1 Å². The second-order valence-corrected chi connectivity index (χ2v) is 9.65. The van der Waals surface area contributed by atoms with Crippen molar-refractivity contribution in [2.45, 2.75) is 31.7 Å². The van der Waals surface area contributed by atoms with E-state index in [4.69, 9.17) is 0 Å². The molecule has 2 unspecified atom stereocenters. The molecule has 1 N–H and O–H groups in total. The van der Waals surface area contributed by atoms with Crippen LogP contribution in [0.5, 0.6) is 0 Å². The molecule has 1 saturated heterocycles. The van der Waals surface area contributed by atoms with E-state index in [2.05, 4.69) is 21.2 Å². The lowest BCUT2D eigenvalue weighted by Gasteiger charge is -2.41. The van der Waals surface area contributed by atoms with Crippen molar-refractivity contribution in [3.8, 4) is 0 Å². The van der Waals surface area contributed by atoms with E-state index in [1.54, 1.807) is 12.1 Å². The summed E-state index contributed by atoms with van der Waals surface area (Å²) in [5.74, 6) is -0.520. The van der Waals surface area contributed by atoms with Crippen LogP contribution in [0, 0.1) is 13.8 Å². The van der Waals surface area contributed by atoms with E-state index < -0.39 is 17.3 Å². The highest BCUT2D eigenvalue weighted by molar-refractivity contribution is 9.10. The van der Waals surface area contributed by atoms with Crippen molar-refractivity contribution in [1.82, 2.24) is 9.80 Å². The summed E-state index contributed by atoms with van der Waals surface area (Å²) in [7, 11) is 0. The Morgan fingerprint density at radius 1 is 1.10 bits per heavy atom. The minimum Gasteiger partial charge on any atom is -0.325 e. The van der Waals surface area contributed by atoms with E-state index in [1.807, 2.05) is 55.7 Å². The minimum atomic E-state index is -0.442. The maximum atomic E-state index is 13.3. The average Bonchev–Trinajstić information content (AvgIpc) is 3.23. The van der Waals surface area contributed by atoms with Gasteiger partial charge in [-0.1, -0.05) is 40.2 Å². The van der Waals surface area contributed by atoms with Gasteiger partial charge in [0.2, 0.25) is 11.8 Å². The molecule has 2 aromatic rings. The summed E-state index contributed by atoms with van der Waals surface area (Å²) >= 11 is 4.75. The fraction of sp³-hybridized carbons (Fsp3) is 0.261. The third-order valence-electron chi connectivity index (χ3n) is 5.51. The van der Waals surface area contributed by atoms with E-state index in [-0.39, 0.29) is 24.9 Å². The molecule has 0 spiro atoms. The summed E-state index contributed by atoms with van der Waals surface area (Å²) in [5.41, 5.74) is 3.80. The molecule has 2 atom stereocenters. The van der Waals surface area contributed by atoms with Gasteiger partial charge in [0.1, 0.15) is 11.8 Å². The number of carbonyl (C=O) groups excluding carboxylic acids is 3. The highest BCUT2D eigenvalue weighted by atomic mass is 79.9. The average molecular weight is 500 g/mol. The third-order valence-corrected chi connectivity index (χ3v) is 7.13. The van der Waals surface area contributed by atoms with Gasteiger partial charge in [0.15, 0.2) is 0 Å². The van der Waals surface area contributed by atoms with Gasteiger partial charge in [-0.3, -0.25) is 14.5 Å². The van der Waals surface area contributed by atoms with E-state index >= 15 is 0 Å². The van der Waals surface area contributed by atoms with Crippen molar-refractivity contribution in [2.24, 2.45) is 0 Å². The molecular weight excluding hydrogens is 478 g/mol. The fourth-order valence-electron chi connectivity index (χ4n) is 3.69. The summed E-state index contributed by atoms with van der Waals surface area (Å²) in [5, 5.41) is 4.23. The molecule has 2 heterocycles. The maximum absolute atomic E-state index is 13.3. The van der Waals surface area contributed by atoms with Crippen LogP contribution in [0.15, 0.2) is 58.4 Å². The van der Waals surface area contributed by atoms with Crippen LogP contribution in [0.1, 0.15) is 16.7 Å². The number of urea groups is 1. The number of carbonyl (C=O) groups is 3. The lowest BCUT2D eigenvalue weighted by Crippen LogP contribution is -2.62.